The fourth-order valence-corrected chi connectivity index (χ4v) is 5.59. The highest BCUT2D eigenvalue weighted by atomic mass is 15.1. The van der Waals surface area contributed by atoms with Gasteiger partial charge in [0.15, 0.2) is 0 Å². The molecule has 4 rings (SSSR count). The quantitative estimate of drug-likeness (QED) is 0.275. The molecule has 0 radical (unpaired) electrons. The predicted octanol–water partition coefficient (Wildman–Crippen LogP) is 8.91. The van der Waals surface area contributed by atoms with Gasteiger partial charge in [0, 0.05) is 18.0 Å². The van der Waals surface area contributed by atoms with Crippen LogP contribution in [0.2, 0.25) is 0 Å². The molecule has 0 fully saturated rings. The molecule has 2 heteroatoms. The first-order valence-corrected chi connectivity index (χ1v) is 12.6. The van der Waals surface area contributed by atoms with Crippen molar-refractivity contribution in [3.05, 3.63) is 94.8 Å². The molecule has 0 N–H and O–H groups in total. The maximum atomic E-state index is 4.88. The SMILES string of the molecule is CCCC(C)(CC)c1ccccc1-c1nccn1-c1c(C)cc(-c2cc(C)cc(C)c2)cc1C. The van der Waals surface area contributed by atoms with Crippen LogP contribution >= 0.6 is 0 Å². The van der Waals surface area contributed by atoms with Gasteiger partial charge in [-0.1, -0.05) is 80.8 Å². The van der Waals surface area contributed by atoms with Crippen LogP contribution in [-0.4, -0.2) is 9.55 Å². The van der Waals surface area contributed by atoms with Gasteiger partial charge >= 0.3 is 0 Å². The Balaban J connectivity index is 1.85. The summed E-state index contributed by atoms with van der Waals surface area (Å²) in [4.78, 5) is 4.88. The van der Waals surface area contributed by atoms with Gasteiger partial charge < -0.3 is 0 Å². The maximum Gasteiger partial charge on any atom is 0.144 e. The van der Waals surface area contributed by atoms with E-state index in [-0.39, 0.29) is 5.41 Å². The molecular formula is C32H38N2. The molecule has 176 valence electrons. The van der Waals surface area contributed by atoms with Crippen molar-refractivity contribution in [2.24, 2.45) is 0 Å². The highest BCUT2D eigenvalue weighted by Crippen LogP contribution is 2.39. The van der Waals surface area contributed by atoms with Crippen molar-refractivity contribution >= 4 is 0 Å². The van der Waals surface area contributed by atoms with Crippen molar-refractivity contribution in [2.75, 3.05) is 0 Å². The first-order valence-electron chi connectivity index (χ1n) is 12.6. The standard InChI is InChI=1S/C32H38N2/c1-8-14-32(7,9-2)29-13-11-10-12-28(29)31-33-15-16-34(31)30-24(5)20-27(21-25(30)6)26-18-22(3)17-23(4)19-26/h10-13,15-21H,8-9,14H2,1-7H3. The Bertz CT molecular complexity index is 1270. The van der Waals surface area contributed by atoms with Gasteiger partial charge in [0.2, 0.25) is 0 Å². The lowest BCUT2D eigenvalue weighted by Gasteiger charge is -2.31. The average Bonchev–Trinajstić information content (AvgIpc) is 3.27. The molecular weight excluding hydrogens is 412 g/mol. The van der Waals surface area contributed by atoms with Crippen molar-refractivity contribution in [3.63, 3.8) is 0 Å². The molecule has 2 nitrogen and oxygen atoms in total. The van der Waals surface area contributed by atoms with E-state index in [9.17, 15) is 0 Å². The molecule has 0 bridgehead atoms. The van der Waals surface area contributed by atoms with Crippen LogP contribution in [0.4, 0.5) is 0 Å². The van der Waals surface area contributed by atoms with Crippen LogP contribution in [0, 0.1) is 27.7 Å². The zero-order valence-electron chi connectivity index (χ0n) is 21.9. The van der Waals surface area contributed by atoms with Crippen LogP contribution in [0.15, 0.2) is 67.0 Å². The minimum Gasteiger partial charge on any atom is -0.299 e. The molecule has 0 aliphatic carbocycles. The lowest BCUT2D eigenvalue weighted by atomic mass is 9.74. The normalized spacial score (nSPS) is 13.1. The van der Waals surface area contributed by atoms with E-state index in [2.05, 4.69) is 114 Å². The Morgan fingerprint density at radius 1 is 0.824 bits per heavy atom. The Morgan fingerprint density at radius 2 is 1.44 bits per heavy atom. The number of aromatic nitrogens is 2. The monoisotopic (exact) mass is 450 g/mol. The Labute approximate surface area is 205 Å². The number of benzene rings is 3. The van der Waals surface area contributed by atoms with Crippen LogP contribution in [0.5, 0.6) is 0 Å². The van der Waals surface area contributed by atoms with Gasteiger partial charge in [-0.25, -0.2) is 4.98 Å². The second-order valence-corrected chi connectivity index (χ2v) is 10.2. The van der Waals surface area contributed by atoms with Crippen LogP contribution in [0.25, 0.3) is 28.2 Å². The number of hydrogen-bond acceptors (Lipinski definition) is 1. The third kappa shape index (κ3) is 4.46. The van der Waals surface area contributed by atoms with Gasteiger partial charge in [-0.15, -0.1) is 0 Å². The molecule has 34 heavy (non-hydrogen) atoms. The van der Waals surface area contributed by atoms with Crippen molar-refractivity contribution in [3.8, 4) is 28.2 Å². The Hall–Kier alpha value is -3.13. The number of nitrogens with zero attached hydrogens (tertiary/aromatic N) is 2. The summed E-state index contributed by atoms with van der Waals surface area (Å²) in [5.41, 5.74) is 11.7. The lowest BCUT2D eigenvalue weighted by Crippen LogP contribution is -2.22. The lowest BCUT2D eigenvalue weighted by molar-refractivity contribution is 0.414. The summed E-state index contributed by atoms with van der Waals surface area (Å²) in [7, 11) is 0. The second kappa shape index (κ2) is 9.62. The zero-order chi connectivity index (χ0) is 24.5. The van der Waals surface area contributed by atoms with E-state index in [1.165, 1.54) is 63.0 Å². The van der Waals surface area contributed by atoms with E-state index >= 15 is 0 Å². The summed E-state index contributed by atoms with van der Waals surface area (Å²) in [6.45, 7) is 15.8. The first kappa shape index (κ1) is 24.0. The van der Waals surface area contributed by atoms with E-state index in [1.54, 1.807) is 0 Å². The first-order chi connectivity index (χ1) is 16.3. The summed E-state index contributed by atoms with van der Waals surface area (Å²) in [6, 6.07) is 20.3. The van der Waals surface area contributed by atoms with Crippen LogP contribution in [0.1, 0.15) is 67.9 Å². The van der Waals surface area contributed by atoms with E-state index < -0.39 is 0 Å². The number of imidazole rings is 1. The molecule has 0 spiro atoms. The van der Waals surface area contributed by atoms with E-state index in [1.807, 2.05) is 6.20 Å². The van der Waals surface area contributed by atoms with Crippen molar-refractivity contribution < 1.29 is 0 Å². The van der Waals surface area contributed by atoms with Crippen molar-refractivity contribution in [1.82, 2.24) is 9.55 Å². The summed E-state index contributed by atoms with van der Waals surface area (Å²) in [5.74, 6) is 1.02. The van der Waals surface area contributed by atoms with Crippen LogP contribution < -0.4 is 0 Å². The topological polar surface area (TPSA) is 17.8 Å². The molecule has 0 aliphatic heterocycles. The number of aryl methyl sites for hydroxylation is 4. The number of hydrogen-bond donors (Lipinski definition) is 0. The highest BCUT2D eigenvalue weighted by Gasteiger charge is 2.28. The smallest absolute Gasteiger partial charge is 0.144 e. The van der Waals surface area contributed by atoms with Gasteiger partial charge in [0.25, 0.3) is 0 Å². The molecule has 1 atom stereocenters. The average molecular weight is 451 g/mol. The molecule has 1 aromatic heterocycles. The van der Waals surface area contributed by atoms with E-state index in [4.69, 9.17) is 4.98 Å². The summed E-state index contributed by atoms with van der Waals surface area (Å²) in [5, 5.41) is 0. The Kier molecular flexibility index (Phi) is 6.79. The van der Waals surface area contributed by atoms with Crippen LogP contribution in [-0.2, 0) is 5.41 Å². The highest BCUT2D eigenvalue weighted by molar-refractivity contribution is 5.72. The third-order valence-electron chi connectivity index (χ3n) is 7.33. The van der Waals surface area contributed by atoms with E-state index in [0.29, 0.717) is 0 Å². The van der Waals surface area contributed by atoms with Gasteiger partial charge in [0.1, 0.15) is 5.82 Å². The molecule has 1 heterocycles. The molecule has 1 unspecified atom stereocenters. The molecule has 3 aromatic carbocycles. The second-order valence-electron chi connectivity index (χ2n) is 10.2. The van der Waals surface area contributed by atoms with Crippen LogP contribution in [0.3, 0.4) is 0 Å². The summed E-state index contributed by atoms with van der Waals surface area (Å²) in [6.07, 6.45) is 7.50. The minimum atomic E-state index is 0.138. The molecule has 0 saturated carbocycles. The fourth-order valence-electron chi connectivity index (χ4n) is 5.59. The minimum absolute atomic E-state index is 0.138. The molecule has 0 aliphatic rings. The van der Waals surface area contributed by atoms with Gasteiger partial charge in [-0.3, -0.25) is 4.57 Å². The van der Waals surface area contributed by atoms with E-state index in [0.717, 1.165) is 12.2 Å². The fraction of sp³-hybridized carbons (Fsp3) is 0.344. The van der Waals surface area contributed by atoms with Gasteiger partial charge in [-0.05, 0) is 85.9 Å². The Morgan fingerprint density at radius 3 is 2.06 bits per heavy atom. The van der Waals surface area contributed by atoms with Gasteiger partial charge in [0.05, 0.1) is 5.69 Å². The van der Waals surface area contributed by atoms with Gasteiger partial charge in [-0.2, -0.15) is 0 Å². The van der Waals surface area contributed by atoms with Crippen molar-refractivity contribution in [2.45, 2.75) is 73.1 Å². The maximum absolute atomic E-state index is 4.88. The molecule has 0 saturated heterocycles. The molecule has 4 aromatic rings. The predicted molar refractivity (Wildman–Crippen MR) is 146 cm³/mol. The summed E-state index contributed by atoms with van der Waals surface area (Å²) >= 11 is 0. The van der Waals surface area contributed by atoms with Crippen molar-refractivity contribution in [1.29, 1.82) is 0 Å². The third-order valence-corrected chi connectivity index (χ3v) is 7.33. The molecule has 0 amide bonds. The number of rotatable bonds is 7. The zero-order valence-corrected chi connectivity index (χ0v) is 21.9. The largest absolute Gasteiger partial charge is 0.299 e. The summed E-state index contributed by atoms with van der Waals surface area (Å²) < 4.78 is 2.29.